The van der Waals surface area contributed by atoms with Gasteiger partial charge in [0.2, 0.25) is 0 Å². The van der Waals surface area contributed by atoms with Gasteiger partial charge in [-0.1, -0.05) is 0 Å². The Labute approximate surface area is 78.9 Å². The first-order valence-electron chi connectivity index (χ1n) is 3.26. The summed E-state index contributed by atoms with van der Waals surface area (Å²) in [5, 5.41) is 10.3. The monoisotopic (exact) mass is 200 g/mol. The van der Waals surface area contributed by atoms with Crippen molar-refractivity contribution in [2.75, 3.05) is 6.26 Å². The topological polar surface area (TPSA) is 37.3 Å². The molecule has 0 atom stereocenters. The summed E-state index contributed by atoms with van der Waals surface area (Å²) in [5.74, 6) is -0.909. The molecule has 0 bridgehead atoms. The van der Waals surface area contributed by atoms with Crippen molar-refractivity contribution in [1.29, 1.82) is 0 Å². The van der Waals surface area contributed by atoms with Gasteiger partial charge in [0, 0.05) is 6.08 Å². The van der Waals surface area contributed by atoms with Crippen LogP contribution in [0.15, 0.2) is 21.7 Å². The fourth-order valence-corrected chi connectivity index (χ4v) is 2.29. The van der Waals surface area contributed by atoms with E-state index in [9.17, 15) is 4.79 Å². The van der Waals surface area contributed by atoms with E-state index in [1.54, 1.807) is 29.2 Å². The van der Waals surface area contributed by atoms with Crippen LogP contribution >= 0.6 is 23.1 Å². The molecular formula is C8H8O2S2. The van der Waals surface area contributed by atoms with Crippen molar-refractivity contribution >= 4 is 35.1 Å². The highest BCUT2D eigenvalue weighted by atomic mass is 32.2. The molecule has 1 aromatic rings. The number of rotatable bonds is 3. The molecule has 4 heteroatoms. The van der Waals surface area contributed by atoms with Crippen LogP contribution in [0.1, 0.15) is 5.56 Å². The van der Waals surface area contributed by atoms with Crippen LogP contribution in [0, 0.1) is 0 Å². The quantitative estimate of drug-likeness (QED) is 0.602. The number of hydrogen-bond donors (Lipinski definition) is 1. The van der Waals surface area contributed by atoms with Crippen LogP contribution in [0.4, 0.5) is 0 Å². The normalized spacial score (nSPS) is 10.8. The molecule has 0 aromatic carbocycles. The Morgan fingerprint density at radius 2 is 2.50 bits per heavy atom. The van der Waals surface area contributed by atoms with Crippen molar-refractivity contribution in [3.63, 3.8) is 0 Å². The van der Waals surface area contributed by atoms with Crippen LogP contribution in [0.3, 0.4) is 0 Å². The molecule has 0 aliphatic carbocycles. The summed E-state index contributed by atoms with van der Waals surface area (Å²) in [4.78, 5) is 10.2. The number of thiophene rings is 1. The van der Waals surface area contributed by atoms with Crippen LogP contribution in [-0.2, 0) is 4.79 Å². The maximum Gasteiger partial charge on any atom is 0.328 e. The average Bonchev–Trinajstić information content (AvgIpc) is 2.47. The summed E-state index contributed by atoms with van der Waals surface area (Å²) in [6.07, 6.45) is 4.75. The van der Waals surface area contributed by atoms with Crippen LogP contribution in [0.25, 0.3) is 6.08 Å². The second kappa shape index (κ2) is 4.33. The molecule has 0 aliphatic heterocycles. The predicted octanol–water partition coefficient (Wildman–Crippen LogP) is 2.57. The Bertz CT molecular complexity index is 302. The standard InChI is InChI=1S/C8H8O2S2/c1-11-8-6(4-5-12-8)2-3-7(9)10/h2-5H,1H3,(H,9,10)/b3-2+. The lowest BCUT2D eigenvalue weighted by Crippen LogP contribution is -1.85. The first-order chi connectivity index (χ1) is 5.74. The van der Waals surface area contributed by atoms with Crippen molar-refractivity contribution in [3.05, 3.63) is 23.1 Å². The molecule has 0 radical (unpaired) electrons. The van der Waals surface area contributed by atoms with Crippen molar-refractivity contribution < 1.29 is 9.90 Å². The molecule has 1 rings (SSSR count). The maximum atomic E-state index is 10.2. The molecule has 0 spiro atoms. The lowest BCUT2D eigenvalue weighted by Gasteiger charge is -1.90. The van der Waals surface area contributed by atoms with Crippen LogP contribution in [0.2, 0.25) is 0 Å². The first-order valence-corrected chi connectivity index (χ1v) is 5.37. The van der Waals surface area contributed by atoms with Gasteiger partial charge in [-0.25, -0.2) is 4.79 Å². The summed E-state index contributed by atoms with van der Waals surface area (Å²) < 4.78 is 1.15. The van der Waals surface area contributed by atoms with Gasteiger partial charge in [-0.15, -0.1) is 23.1 Å². The molecule has 1 N–H and O–H groups in total. The number of carbonyl (C=O) groups is 1. The van der Waals surface area contributed by atoms with Gasteiger partial charge in [0.05, 0.1) is 4.21 Å². The molecule has 2 nitrogen and oxygen atoms in total. The van der Waals surface area contributed by atoms with Crippen molar-refractivity contribution in [2.45, 2.75) is 4.21 Å². The second-order valence-electron chi connectivity index (χ2n) is 2.04. The first kappa shape index (κ1) is 9.35. The third-order valence-corrected chi connectivity index (χ3v) is 3.37. The van der Waals surface area contributed by atoms with E-state index in [4.69, 9.17) is 5.11 Å². The number of aliphatic carboxylic acids is 1. The molecule has 0 fully saturated rings. The highest BCUT2D eigenvalue weighted by Crippen LogP contribution is 2.27. The van der Waals surface area contributed by atoms with Gasteiger partial charge in [-0.3, -0.25) is 0 Å². The molecule has 0 saturated carbocycles. The Kier molecular flexibility index (Phi) is 3.37. The van der Waals surface area contributed by atoms with Gasteiger partial charge in [0.15, 0.2) is 0 Å². The van der Waals surface area contributed by atoms with Gasteiger partial charge in [-0.2, -0.15) is 0 Å². The summed E-state index contributed by atoms with van der Waals surface area (Å²) in [7, 11) is 0. The molecule has 0 unspecified atom stereocenters. The van der Waals surface area contributed by atoms with E-state index in [2.05, 4.69) is 0 Å². The molecule has 12 heavy (non-hydrogen) atoms. The smallest absolute Gasteiger partial charge is 0.328 e. The van der Waals surface area contributed by atoms with Gasteiger partial charge in [0.1, 0.15) is 0 Å². The van der Waals surface area contributed by atoms with Crippen molar-refractivity contribution in [2.24, 2.45) is 0 Å². The number of carboxylic acid groups (broad SMARTS) is 1. The molecule has 1 aromatic heterocycles. The molecule has 0 aliphatic rings. The predicted molar refractivity (Wildman–Crippen MR) is 52.8 cm³/mol. The summed E-state index contributed by atoms with van der Waals surface area (Å²) in [6, 6.07) is 1.91. The van der Waals surface area contributed by atoms with Gasteiger partial charge in [0.25, 0.3) is 0 Å². The zero-order chi connectivity index (χ0) is 8.97. The molecule has 1 heterocycles. The Morgan fingerprint density at radius 1 is 1.75 bits per heavy atom. The Balaban J connectivity index is 2.81. The van der Waals surface area contributed by atoms with E-state index in [0.717, 1.165) is 15.8 Å². The third-order valence-electron chi connectivity index (χ3n) is 1.25. The SMILES string of the molecule is CSc1sccc1/C=C/C(=O)O. The fraction of sp³-hybridized carbons (Fsp3) is 0.125. The van der Waals surface area contributed by atoms with E-state index in [-0.39, 0.29) is 0 Å². The minimum Gasteiger partial charge on any atom is -0.478 e. The van der Waals surface area contributed by atoms with Gasteiger partial charge >= 0.3 is 5.97 Å². The van der Waals surface area contributed by atoms with E-state index in [1.165, 1.54) is 0 Å². The number of hydrogen-bond acceptors (Lipinski definition) is 3. The van der Waals surface area contributed by atoms with Crippen LogP contribution in [-0.4, -0.2) is 17.3 Å². The lowest BCUT2D eigenvalue weighted by atomic mass is 10.3. The van der Waals surface area contributed by atoms with Crippen LogP contribution < -0.4 is 0 Å². The highest BCUT2D eigenvalue weighted by Gasteiger charge is 1.98. The molecular weight excluding hydrogens is 192 g/mol. The largest absolute Gasteiger partial charge is 0.478 e. The van der Waals surface area contributed by atoms with Gasteiger partial charge < -0.3 is 5.11 Å². The van der Waals surface area contributed by atoms with E-state index in [1.807, 2.05) is 17.7 Å². The average molecular weight is 200 g/mol. The Hall–Kier alpha value is -0.740. The van der Waals surface area contributed by atoms with E-state index >= 15 is 0 Å². The second-order valence-corrected chi connectivity index (χ2v) is 4.03. The summed E-state index contributed by atoms with van der Waals surface area (Å²) >= 11 is 3.25. The van der Waals surface area contributed by atoms with Crippen LogP contribution in [0.5, 0.6) is 0 Å². The van der Waals surface area contributed by atoms with Crippen molar-refractivity contribution in [3.8, 4) is 0 Å². The van der Waals surface area contributed by atoms with Gasteiger partial charge in [-0.05, 0) is 29.3 Å². The number of thioether (sulfide) groups is 1. The minimum absolute atomic E-state index is 0.909. The fourth-order valence-electron chi connectivity index (χ4n) is 0.756. The number of carboxylic acids is 1. The zero-order valence-corrected chi connectivity index (χ0v) is 8.11. The summed E-state index contributed by atoms with van der Waals surface area (Å²) in [6.45, 7) is 0. The highest BCUT2D eigenvalue weighted by molar-refractivity contribution is 8.00. The zero-order valence-electron chi connectivity index (χ0n) is 6.48. The molecule has 0 saturated heterocycles. The summed E-state index contributed by atoms with van der Waals surface area (Å²) in [5.41, 5.74) is 0.981. The molecule has 64 valence electrons. The van der Waals surface area contributed by atoms with E-state index in [0.29, 0.717) is 0 Å². The van der Waals surface area contributed by atoms with E-state index < -0.39 is 5.97 Å². The molecule has 0 amide bonds. The maximum absolute atomic E-state index is 10.2. The Morgan fingerprint density at radius 3 is 3.08 bits per heavy atom. The lowest BCUT2D eigenvalue weighted by molar-refractivity contribution is -0.131. The minimum atomic E-state index is -0.909. The van der Waals surface area contributed by atoms with Crippen molar-refractivity contribution in [1.82, 2.24) is 0 Å². The third kappa shape index (κ3) is 2.39.